The molecule has 92 valence electrons. The van der Waals surface area contributed by atoms with Crippen molar-refractivity contribution in [3.63, 3.8) is 0 Å². The Bertz CT molecular complexity index is 417. The Labute approximate surface area is 103 Å². The second-order valence-electron chi connectivity index (χ2n) is 3.91. The number of hydrogen-bond donors (Lipinski definition) is 2. The van der Waals surface area contributed by atoms with Crippen LogP contribution in [-0.2, 0) is 0 Å². The summed E-state index contributed by atoms with van der Waals surface area (Å²) in [6.45, 7) is 0.339. The van der Waals surface area contributed by atoms with Crippen LogP contribution >= 0.6 is 11.8 Å². The highest BCUT2D eigenvalue weighted by atomic mass is 32.2. The molecule has 1 aromatic rings. The summed E-state index contributed by atoms with van der Waals surface area (Å²) < 4.78 is 0. The van der Waals surface area contributed by atoms with Gasteiger partial charge in [-0.15, -0.1) is 11.8 Å². The number of aliphatic hydroxyl groups is 2. The van der Waals surface area contributed by atoms with Crippen molar-refractivity contribution in [1.29, 1.82) is 0 Å². The quantitative estimate of drug-likeness (QED) is 0.726. The lowest BCUT2D eigenvalue weighted by Gasteiger charge is -2.16. The summed E-state index contributed by atoms with van der Waals surface area (Å²) in [5, 5.41) is 19.5. The lowest BCUT2D eigenvalue weighted by atomic mass is 10.2. The van der Waals surface area contributed by atoms with Gasteiger partial charge in [0.15, 0.2) is 0 Å². The maximum Gasteiger partial charge on any atom is 0.256 e. The summed E-state index contributed by atoms with van der Waals surface area (Å²) in [5.74, 6) is -0.196. The lowest BCUT2D eigenvalue weighted by molar-refractivity contribution is 0.0572. The van der Waals surface area contributed by atoms with Gasteiger partial charge < -0.3 is 15.1 Å². The van der Waals surface area contributed by atoms with Gasteiger partial charge in [-0.1, -0.05) is 0 Å². The van der Waals surface area contributed by atoms with Crippen molar-refractivity contribution in [3.05, 3.63) is 23.9 Å². The van der Waals surface area contributed by atoms with Gasteiger partial charge in [-0.3, -0.25) is 4.79 Å². The van der Waals surface area contributed by atoms with Crippen molar-refractivity contribution >= 4 is 17.7 Å². The highest BCUT2D eigenvalue weighted by Gasteiger charge is 2.33. The number of carbonyl (C=O) groups excluding carboxylic acids is 1. The number of thioether (sulfide) groups is 1. The molecular weight excluding hydrogens is 240 g/mol. The van der Waals surface area contributed by atoms with E-state index in [9.17, 15) is 15.0 Å². The molecule has 1 aromatic heterocycles. The third kappa shape index (κ3) is 2.43. The van der Waals surface area contributed by atoms with Crippen molar-refractivity contribution in [2.24, 2.45) is 0 Å². The average molecular weight is 254 g/mol. The minimum absolute atomic E-state index is 0.169. The van der Waals surface area contributed by atoms with E-state index in [2.05, 4.69) is 4.98 Å². The van der Waals surface area contributed by atoms with E-state index in [0.717, 1.165) is 0 Å². The molecule has 2 unspecified atom stereocenters. The van der Waals surface area contributed by atoms with Crippen molar-refractivity contribution in [2.75, 3.05) is 19.3 Å². The van der Waals surface area contributed by atoms with E-state index >= 15 is 0 Å². The minimum atomic E-state index is -0.853. The molecular formula is C11H14N2O3S. The van der Waals surface area contributed by atoms with Gasteiger partial charge in [0.1, 0.15) is 5.03 Å². The topological polar surface area (TPSA) is 73.7 Å². The second-order valence-corrected chi connectivity index (χ2v) is 4.70. The third-order valence-corrected chi connectivity index (χ3v) is 3.45. The van der Waals surface area contributed by atoms with E-state index in [1.54, 1.807) is 18.3 Å². The number of hydrogen-bond acceptors (Lipinski definition) is 5. The van der Waals surface area contributed by atoms with Crippen LogP contribution in [0.25, 0.3) is 0 Å². The highest BCUT2D eigenvalue weighted by Crippen LogP contribution is 2.21. The SMILES string of the molecule is CSc1ncccc1C(=O)N1CC(O)C(O)C1. The molecule has 2 N–H and O–H groups in total. The van der Waals surface area contributed by atoms with Gasteiger partial charge in [0.25, 0.3) is 5.91 Å². The van der Waals surface area contributed by atoms with E-state index in [4.69, 9.17) is 0 Å². The zero-order chi connectivity index (χ0) is 12.4. The fraction of sp³-hybridized carbons (Fsp3) is 0.455. The molecule has 17 heavy (non-hydrogen) atoms. The van der Waals surface area contributed by atoms with Crippen LogP contribution < -0.4 is 0 Å². The summed E-state index contributed by atoms with van der Waals surface area (Å²) in [5.41, 5.74) is 0.515. The molecule has 6 heteroatoms. The number of nitrogens with zero attached hydrogens (tertiary/aromatic N) is 2. The number of pyridine rings is 1. The first-order chi connectivity index (χ1) is 8.13. The number of aliphatic hydroxyl groups excluding tert-OH is 2. The number of carbonyl (C=O) groups is 1. The number of β-amino-alcohol motifs (C(OH)–C–C–N with tert-alkyl or cyclic N) is 2. The molecule has 5 nitrogen and oxygen atoms in total. The van der Waals surface area contributed by atoms with Gasteiger partial charge in [0.05, 0.1) is 17.8 Å². The van der Waals surface area contributed by atoms with E-state index in [1.807, 2.05) is 6.26 Å². The Kier molecular flexibility index (Phi) is 3.66. The second kappa shape index (κ2) is 5.03. The summed E-state index contributed by atoms with van der Waals surface area (Å²) in [7, 11) is 0. The van der Waals surface area contributed by atoms with Crippen LogP contribution in [0.2, 0.25) is 0 Å². The van der Waals surface area contributed by atoms with E-state index in [1.165, 1.54) is 16.7 Å². The minimum Gasteiger partial charge on any atom is -0.388 e. The number of aromatic nitrogens is 1. The molecule has 1 aliphatic heterocycles. The maximum atomic E-state index is 12.2. The highest BCUT2D eigenvalue weighted by molar-refractivity contribution is 7.98. The van der Waals surface area contributed by atoms with Crippen LogP contribution in [0.1, 0.15) is 10.4 Å². The van der Waals surface area contributed by atoms with Gasteiger partial charge in [-0.25, -0.2) is 4.98 Å². The van der Waals surface area contributed by atoms with E-state index in [-0.39, 0.29) is 19.0 Å². The zero-order valence-electron chi connectivity index (χ0n) is 9.41. The summed E-state index contributed by atoms with van der Waals surface area (Å²) in [6.07, 6.45) is 1.78. The first kappa shape index (κ1) is 12.3. The molecule has 1 fully saturated rings. The first-order valence-corrected chi connectivity index (χ1v) is 6.50. The van der Waals surface area contributed by atoms with Gasteiger partial charge in [0.2, 0.25) is 0 Å². The molecule has 1 amide bonds. The smallest absolute Gasteiger partial charge is 0.256 e. The lowest BCUT2D eigenvalue weighted by Crippen LogP contribution is -2.30. The Balaban J connectivity index is 2.20. The predicted octanol–water partition coefficient (Wildman–Crippen LogP) is -0.0189. The van der Waals surface area contributed by atoms with Gasteiger partial charge in [-0.05, 0) is 18.4 Å². The van der Waals surface area contributed by atoms with Crippen molar-refractivity contribution in [1.82, 2.24) is 9.88 Å². The summed E-state index contributed by atoms with van der Waals surface area (Å²) in [4.78, 5) is 17.7. The summed E-state index contributed by atoms with van der Waals surface area (Å²) in [6, 6.07) is 3.41. The van der Waals surface area contributed by atoms with Crippen LogP contribution in [0.15, 0.2) is 23.4 Å². The zero-order valence-corrected chi connectivity index (χ0v) is 10.2. The van der Waals surface area contributed by atoms with Gasteiger partial charge in [-0.2, -0.15) is 0 Å². The number of likely N-dealkylation sites (tertiary alicyclic amines) is 1. The first-order valence-electron chi connectivity index (χ1n) is 5.28. The molecule has 1 saturated heterocycles. The molecule has 0 saturated carbocycles. The Morgan fingerprint density at radius 3 is 2.71 bits per heavy atom. The molecule has 0 aromatic carbocycles. The molecule has 2 rings (SSSR count). The summed E-state index contributed by atoms with van der Waals surface area (Å²) >= 11 is 1.40. The number of amides is 1. The fourth-order valence-corrected chi connectivity index (χ4v) is 2.36. The molecule has 1 aliphatic rings. The Morgan fingerprint density at radius 1 is 1.47 bits per heavy atom. The Morgan fingerprint density at radius 2 is 2.12 bits per heavy atom. The van der Waals surface area contributed by atoms with Crippen molar-refractivity contribution < 1.29 is 15.0 Å². The molecule has 0 radical (unpaired) electrons. The number of rotatable bonds is 2. The van der Waals surface area contributed by atoms with Crippen LogP contribution in [0.3, 0.4) is 0 Å². The van der Waals surface area contributed by atoms with Crippen molar-refractivity contribution in [3.8, 4) is 0 Å². The monoisotopic (exact) mass is 254 g/mol. The maximum absolute atomic E-state index is 12.2. The largest absolute Gasteiger partial charge is 0.388 e. The van der Waals surface area contributed by atoms with Gasteiger partial charge >= 0.3 is 0 Å². The normalized spacial score (nSPS) is 24.1. The Hall–Kier alpha value is -1.11. The predicted molar refractivity (Wildman–Crippen MR) is 63.9 cm³/mol. The molecule has 0 bridgehead atoms. The van der Waals surface area contributed by atoms with Crippen LogP contribution in [0.4, 0.5) is 0 Å². The molecule has 2 atom stereocenters. The van der Waals surface area contributed by atoms with Crippen LogP contribution in [0, 0.1) is 0 Å². The average Bonchev–Trinajstić information content (AvgIpc) is 2.68. The van der Waals surface area contributed by atoms with Crippen molar-refractivity contribution in [2.45, 2.75) is 17.2 Å². The van der Waals surface area contributed by atoms with E-state index < -0.39 is 12.2 Å². The van der Waals surface area contributed by atoms with Gasteiger partial charge in [0, 0.05) is 19.3 Å². The van der Waals surface area contributed by atoms with Crippen LogP contribution in [-0.4, -0.2) is 57.6 Å². The molecule has 0 aliphatic carbocycles. The molecule has 2 heterocycles. The fourth-order valence-electron chi connectivity index (χ4n) is 1.82. The van der Waals surface area contributed by atoms with E-state index in [0.29, 0.717) is 10.6 Å². The van der Waals surface area contributed by atoms with Crippen LogP contribution in [0.5, 0.6) is 0 Å². The molecule has 0 spiro atoms. The third-order valence-electron chi connectivity index (χ3n) is 2.74. The standard InChI is InChI=1S/C11H14N2O3S/c1-17-10-7(3-2-4-12-10)11(16)13-5-8(14)9(15)6-13/h2-4,8-9,14-15H,5-6H2,1H3.